The van der Waals surface area contributed by atoms with Gasteiger partial charge < -0.3 is 20.9 Å². The van der Waals surface area contributed by atoms with Crippen LogP contribution in [0.3, 0.4) is 0 Å². The third-order valence-electron chi connectivity index (χ3n) is 2.15. The van der Waals surface area contributed by atoms with Crippen LogP contribution in [-0.4, -0.2) is 34.8 Å². The van der Waals surface area contributed by atoms with E-state index in [0.29, 0.717) is 0 Å². The molecule has 0 rings (SSSR count). The number of hydrogen-bond acceptors (Lipinski definition) is 2. The van der Waals surface area contributed by atoms with Gasteiger partial charge in [-0.15, -0.1) is 0 Å². The van der Waals surface area contributed by atoms with E-state index in [4.69, 9.17) is 5.11 Å². The first-order chi connectivity index (χ1) is 7.18. The number of hydrogen-bond donors (Lipinski definition) is 2. The molecule has 0 amide bonds. The van der Waals surface area contributed by atoms with E-state index in [2.05, 4.69) is 20.8 Å². The molecule has 0 aliphatic carbocycles. The van der Waals surface area contributed by atoms with E-state index in [0.717, 1.165) is 37.4 Å². The Bertz CT molecular complexity index is 140. The molecular formula is C13H36O4SiZr. The average molecular weight is 376 g/mol. The third kappa shape index (κ3) is 32.5. The van der Waals surface area contributed by atoms with Crippen LogP contribution >= 0.6 is 0 Å². The van der Waals surface area contributed by atoms with E-state index in [-0.39, 0.29) is 37.2 Å². The molecule has 0 saturated carbocycles. The van der Waals surface area contributed by atoms with Crippen molar-refractivity contribution in [2.45, 2.75) is 84.5 Å². The van der Waals surface area contributed by atoms with Gasteiger partial charge >= 0.3 is 0 Å². The summed E-state index contributed by atoms with van der Waals surface area (Å²) in [6.45, 7) is 11.7. The minimum atomic E-state index is -1.75. The van der Waals surface area contributed by atoms with Crippen molar-refractivity contribution in [1.29, 1.82) is 0 Å². The molecule has 0 atom stereocenters. The Morgan fingerprint density at radius 1 is 0.789 bits per heavy atom. The first-order valence-corrected chi connectivity index (χ1v) is 9.20. The van der Waals surface area contributed by atoms with E-state index in [9.17, 15) is 4.80 Å². The van der Waals surface area contributed by atoms with Crippen molar-refractivity contribution in [3.63, 3.8) is 0 Å². The van der Waals surface area contributed by atoms with Crippen LogP contribution in [0.15, 0.2) is 0 Å². The Kier molecular flexibility index (Phi) is 28.7. The molecule has 120 valence electrons. The van der Waals surface area contributed by atoms with Gasteiger partial charge in [0, 0.05) is 26.2 Å². The SMILES string of the molecule is CC(C)(C)O.CCC[Si](O)(CCC)CCC.O.O.[Zr]. The van der Waals surface area contributed by atoms with Crippen molar-refractivity contribution in [3.8, 4) is 0 Å². The van der Waals surface area contributed by atoms with E-state index >= 15 is 0 Å². The summed E-state index contributed by atoms with van der Waals surface area (Å²) in [6.07, 6.45) is 3.47. The van der Waals surface area contributed by atoms with Crippen molar-refractivity contribution >= 4 is 8.32 Å². The summed E-state index contributed by atoms with van der Waals surface area (Å²) in [5.41, 5.74) is -0.500. The van der Waals surface area contributed by atoms with Gasteiger partial charge in [0.2, 0.25) is 0 Å². The van der Waals surface area contributed by atoms with Crippen molar-refractivity contribution in [2.24, 2.45) is 0 Å². The van der Waals surface area contributed by atoms with E-state index in [1.807, 2.05) is 0 Å². The predicted octanol–water partition coefficient (Wildman–Crippen LogP) is 2.28. The summed E-state index contributed by atoms with van der Waals surface area (Å²) in [7, 11) is -1.75. The van der Waals surface area contributed by atoms with Crippen LogP contribution in [0.2, 0.25) is 18.1 Å². The Hall–Kier alpha value is 0.940. The molecule has 0 saturated heterocycles. The molecule has 19 heavy (non-hydrogen) atoms. The Morgan fingerprint density at radius 2 is 0.947 bits per heavy atom. The molecule has 6 N–H and O–H groups in total. The maximum atomic E-state index is 10.2. The van der Waals surface area contributed by atoms with Gasteiger partial charge in [-0.3, -0.25) is 0 Å². The summed E-state index contributed by atoms with van der Waals surface area (Å²) >= 11 is 0. The molecule has 0 aliphatic heterocycles. The zero-order valence-electron chi connectivity index (χ0n) is 13.6. The standard InChI is InChI=1S/C9H22OSi.C4H10O.2H2O.Zr/c1-4-7-11(10,8-5-2)9-6-3;1-4(2,3)5;;;/h10H,4-9H2,1-3H3;5H,1-3H3;2*1H2;. The van der Waals surface area contributed by atoms with Crippen LogP contribution < -0.4 is 0 Å². The number of rotatable bonds is 6. The van der Waals surface area contributed by atoms with Crippen LogP contribution in [0.4, 0.5) is 0 Å². The summed E-state index contributed by atoms with van der Waals surface area (Å²) in [5, 5.41) is 8.52. The monoisotopic (exact) mass is 374 g/mol. The molecule has 0 heterocycles. The molecule has 6 heteroatoms. The second-order valence-corrected chi connectivity index (χ2v) is 9.59. The molecular weight excluding hydrogens is 339 g/mol. The fraction of sp³-hybridized carbons (Fsp3) is 1.00. The summed E-state index contributed by atoms with van der Waals surface area (Å²) in [5.74, 6) is 0. The summed E-state index contributed by atoms with van der Waals surface area (Å²) < 4.78 is 0. The Labute approximate surface area is 139 Å². The molecule has 0 aromatic heterocycles. The number of aliphatic hydroxyl groups is 1. The largest absolute Gasteiger partial charge is 0.432 e. The van der Waals surface area contributed by atoms with Crippen LogP contribution in [0.1, 0.15) is 60.8 Å². The Morgan fingerprint density at radius 3 is 1.05 bits per heavy atom. The van der Waals surface area contributed by atoms with Crippen LogP contribution in [0.5, 0.6) is 0 Å². The molecule has 0 radical (unpaired) electrons. The third-order valence-corrected chi connectivity index (χ3v) is 6.44. The van der Waals surface area contributed by atoms with Crippen LogP contribution in [0.25, 0.3) is 0 Å². The van der Waals surface area contributed by atoms with Gasteiger partial charge in [-0.05, 0) is 38.9 Å². The van der Waals surface area contributed by atoms with Crippen molar-refractivity contribution in [1.82, 2.24) is 0 Å². The second kappa shape index (κ2) is 17.0. The van der Waals surface area contributed by atoms with Gasteiger partial charge in [0.05, 0.1) is 5.60 Å². The maximum absolute atomic E-state index is 10.2. The summed E-state index contributed by atoms with van der Waals surface area (Å²) in [4.78, 5) is 10.2. The van der Waals surface area contributed by atoms with Gasteiger partial charge in [0.1, 0.15) is 0 Å². The molecule has 0 aliphatic rings. The fourth-order valence-electron chi connectivity index (χ4n) is 1.77. The first-order valence-electron chi connectivity index (χ1n) is 6.63. The van der Waals surface area contributed by atoms with Crippen LogP contribution in [0, 0.1) is 0 Å². The topological polar surface area (TPSA) is 103 Å². The van der Waals surface area contributed by atoms with Crippen LogP contribution in [-0.2, 0) is 26.2 Å². The minimum Gasteiger partial charge on any atom is -0.432 e. The zero-order valence-corrected chi connectivity index (χ0v) is 17.1. The maximum Gasteiger partial charge on any atom is 0.188 e. The van der Waals surface area contributed by atoms with E-state index in [1.165, 1.54) is 0 Å². The van der Waals surface area contributed by atoms with Crippen molar-refractivity contribution in [3.05, 3.63) is 0 Å². The zero-order chi connectivity index (χ0) is 13.2. The minimum absolute atomic E-state index is 0. The quantitative estimate of drug-likeness (QED) is 0.695. The van der Waals surface area contributed by atoms with Gasteiger partial charge in [0.15, 0.2) is 8.32 Å². The molecule has 0 aromatic carbocycles. The van der Waals surface area contributed by atoms with E-state index < -0.39 is 13.9 Å². The molecule has 0 aromatic rings. The molecule has 0 bridgehead atoms. The fourth-order valence-corrected chi connectivity index (χ4v) is 5.31. The molecule has 0 unspecified atom stereocenters. The molecule has 0 spiro atoms. The smallest absolute Gasteiger partial charge is 0.188 e. The predicted molar refractivity (Wildman–Crippen MR) is 82.5 cm³/mol. The normalized spacial score (nSPS) is 10.1. The second-order valence-electron chi connectivity index (χ2n) is 5.65. The van der Waals surface area contributed by atoms with Crippen molar-refractivity contribution in [2.75, 3.05) is 0 Å². The van der Waals surface area contributed by atoms with Crippen molar-refractivity contribution < 1.29 is 47.1 Å². The molecule has 0 fully saturated rings. The van der Waals surface area contributed by atoms with Gasteiger partial charge in [-0.25, -0.2) is 0 Å². The first kappa shape index (κ1) is 32.0. The Balaban J connectivity index is -0.0000000717. The average Bonchev–Trinajstić information content (AvgIpc) is 2.01. The van der Waals surface area contributed by atoms with Gasteiger partial charge in [0.25, 0.3) is 0 Å². The van der Waals surface area contributed by atoms with Gasteiger partial charge in [-0.2, -0.15) is 0 Å². The van der Waals surface area contributed by atoms with Gasteiger partial charge in [-0.1, -0.05) is 40.0 Å². The molecule has 4 nitrogen and oxygen atoms in total. The van der Waals surface area contributed by atoms with E-state index in [1.54, 1.807) is 20.8 Å². The summed E-state index contributed by atoms with van der Waals surface area (Å²) in [6, 6.07) is 3.32.